The first-order valence-electron chi connectivity index (χ1n) is 5.81. The van der Waals surface area contributed by atoms with Gasteiger partial charge in [0.2, 0.25) is 0 Å². The second kappa shape index (κ2) is 5.92. The molecule has 1 amide bonds. The smallest absolute Gasteiger partial charge is 0.260 e. The Morgan fingerprint density at radius 2 is 2.15 bits per heavy atom. The summed E-state index contributed by atoms with van der Waals surface area (Å²) in [5, 5.41) is 12.4. The first-order valence-corrected chi connectivity index (χ1v) is 6.61. The predicted octanol–water partition coefficient (Wildman–Crippen LogP) is 3.12. The fourth-order valence-electron chi connectivity index (χ4n) is 1.62. The lowest BCUT2D eigenvalue weighted by Gasteiger charge is -2.09. The summed E-state index contributed by atoms with van der Waals surface area (Å²) in [5.41, 5.74) is 1.08. The molecule has 2 aromatic rings. The SMILES string of the molecule is COc1ccc(O)c(C(=O)Nc2cc(C)c(Br)cn2)c1. The quantitative estimate of drug-likeness (QED) is 0.903. The molecule has 0 atom stereocenters. The summed E-state index contributed by atoms with van der Waals surface area (Å²) in [5.74, 6) is 0.346. The number of nitrogens with one attached hydrogen (secondary N) is 1. The fraction of sp³-hybridized carbons (Fsp3) is 0.143. The molecule has 6 heteroatoms. The van der Waals surface area contributed by atoms with E-state index in [-0.39, 0.29) is 11.3 Å². The Labute approximate surface area is 124 Å². The van der Waals surface area contributed by atoms with E-state index in [9.17, 15) is 9.90 Å². The van der Waals surface area contributed by atoms with Crippen molar-refractivity contribution in [3.8, 4) is 11.5 Å². The van der Waals surface area contributed by atoms with E-state index in [4.69, 9.17) is 4.74 Å². The van der Waals surface area contributed by atoms with Gasteiger partial charge in [-0.2, -0.15) is 0 Å². The second-order valence-electron chi connectivity index (χ2n) is 4.16. The van der Waals surface area contributed by atoms with Gasteiger partial charge in [-0.25, -0.2) is 4.98 Å². The van der Waals surface area contributed by atoms with E-state index in [1.807, 2.05) is 6.92 Å². The summed E-state index contributed by atoms with van der Waals surface area (Å²) >= 11 is 3.34. The van der Waals surface area contributed by atoms with Crippen LogP contribution in [0.25, 0.3) is 0 Å². The zero-order chi connectivity index (χ0) is 14.7. The van der Waals surface area contributed by atoms with E-state index in [1.54, 1.807) is 18.3 Å². The maximum absolute atomic E-state index is 12.1. The van der Waals surface area contributed by atoms with E-state index in [0.717, 1.165) is 10.0 Å². The number of anilines is 1. The number of aromatic hydroxyl groups is 1. The molecule has 0 bridgehead atoms. The summed E-state index contributed by atoms with van der Waals surface area (Å²) in [6.07, 6.45) is 1.61. The number of benzene rings is 1. The van der Waals surface area contributed by atoms with Gasteiger partial charge < -0.3 is 15.2 Å². The lowest BCUT2D eigenvalue weighted by molar-refractivity contribution is 0.102. The molecule has 0 aliphatic heterocycles. The molecular weight excluding hydrogens is 324 g/mol. The van der Waals surface area contributed by atoms with Gasteiger partial charge in [-0.05, 0) is 52.7 Å². The Balaban J connectivity index is 2.25. The standard InChI is InChI=1S/C14H13BrN2O3/c1-8-5-13(16-7-11(8)15)17-14(19)10-6-9(20-2)3-4-12(10)18/h3-7,18H,1-2H3,(H,16,17,19). The number of nitrogens with zero attached hydrogens (tertiary/aromatic N) is 1. The summed E-state index contributed by atoms with van der Waals surface area (Å²) in [6.45, 7) is 1.89. The highest BCUT2D eigenvalue weighted by Gasteiger charge is 2.13. The molecule has 2 rings (SSSR count). The summed E-state index contributed by atoms with van der Waals surface area (Å²) < 4.78 is 5.89. The van der Waals surface area contributed by atoms with Crippen molar-refractivity contribution in [2.75, 3.05) is 12.4 Å². The monoisotopic (exact) mass is 336 g/mol. The first kappa shape index (κ1) is 14.3. The third-order valence-electron chi connectivity index (χ3n) is 2.74. The number of methoxy groups -OCH3 is 1. The van der Waals surface area contributed by atoms with E-state index >= 15 is 0 Å². The van der Waals surface area contributed by atoms with Gasteiger partial charge in [0.05, 0.1) is 12.7 Å². The van der Waals surface area contributed by atoms with Crippen LogP contribution in [0.2, 0.25) is 0 Å². The molecule has 0 radical (unpaired) electrons. The summed E-state index contributed by atoms with van der Waals surface area (Å²) in [6, 6.07) is 6.19. The van der Waals surface area contributed by atoms with Crippen LogP contribution < -0.4 is 10.1 Å². The molecule has 1 aromatic heterocycles. The van der Waals surface area contributed by atoms with Crippen molar-refractivity contribution in [1.29, 1.82) is 0 Å². The van der Waals surface area contributed by atoms with Crippen LogP contribution in [-0.4, -0.2) is 23.1 Å². The highest BCUT2D eigenvalue weighted by molar-refractivity contribution is 9.10. The zero-order valence-corrected chi connectivity index (χ0v) is 12.6. The van der Waals surface area contributed by atoms with Gasteiger partial charge in [-0.3, -0.25) is 4.79 Å². The predicted molar refractivity (Wildman–Crippen MR) is 79.3 cm³/mol. The van der Waals surface area contributed by atoms with Crippen LogP contribution in [0.1, 0.15) is 15.9 Å². The molecular formula is C14H13BrN2O3. The Morgan fingerprint density at radius 1 is 1.40 bits per heavy atom. The Kier molecular flexibility index (Phi) is 4.24. The van der Waals surface area contributed by atoms with Crippen molar-refractivity contribution in [3.63, 3.8) is 0 Å². The molecule has 104 valence electrons. The highest BCUT2D eigenvalue weighted by Crippen LogP contribution is 2.24. The number of halogens is 1. The molecule has 5 nitrogen and oxygen atoms in total. The third-order valence-corrected chi connectivity index (χ3v) is 3.57. The number of phenols is 1. The Bertz CT molecular complexity index is 659. The van der Waals surface area contributed by atoms with E-state index in [1.165, 1.54) is 19.2 Å². The van der Waals surface area contributed by atoms with Crippen molar-refractivity contribution in [2.24, 2.45) is 0 Å². The zero-order valence-electron chi connectivity index (χ0n) is 11.0. The Hall–Kier alpha value is -2.08. The molecule has 0 spiro atoms. The van der Waals surface area contributed by atoms with Gasteiger partial charge in [0.1, 0.15) is 17.3 Å². The van der Waals surface area contributed by atoms with Crippen LogP contribution in [0, 0.1) is 6.92 Å². The van der Waals surface area contributed by atoms with Crippen molar-refractivity contribution >= 4 is 27.7 Å². The van der Waals surface area contributed by atoms with Gasteiger partial charge in [-0.15, -0.1) is 0 Å². The van der Waals surface area contributed by atoms with Gasteiger partial charge in [0.25, 0.3) is 5.91 Å². The Morgan fingerprint density at radius 3 is 2.80 bits per heavy atom. The van der Waals surface area contributed by atoms with Crippen molar-refractivity contribution in [2.45, 2.75) is 6.92 Å². The summed E-state index contributed by atoms with van der Waals surface area (Å²) in [7, 11) is 1.49. The molecule has 2 N–H and O–H groups in total. The molecule has 1 aromatic carbocycles. The number of amides is 1. The number of carbonyl (C=O) groups is 1. The van der Waals surface area contributed by atoms with Crippen LogP contribution in [0.4, 0.5) is 5.82 Å². The maximum atomic E-state index is 12.1. The van der Waals surface area contributed by atoms with E-state index < -0.39 is 5.91 Å². The minimum atomic E-state index is -0.448. The van der Waals surface area contributed by atoms with E-state index in [2.05, 4.69) is 26.2 Å². The van der Waals surface area contributed by atoms with Crippen LogP contribution in [-0.2, 0) is 0 Å². The fourth-order valence-corrected chi connectivity index (χ4v) is 1.83. The van der Waals surface area contributed by atoms with Crippen molar-refractivity contribution in [3.05, 3.63) is 46.1 Å². The number of hydrogen-bond acceptors (Lipinski definition) is 4. The number of aryl methyl sites for hydroxylation is 1. The molecule has 20 heavy (non-hydrogen) atoms. The van der Waals surface area contributed by atoms with Gasteiger partial charge in [-0.1, -0.05) is 0 Å². The van der Waals surface area contributed by atoms with E-state index in [0.29, 0.717) is 11.6 Å². The van der Waals surface area contributed by atoms with Crippen LogP contribution in [0.3, 0.4) is 0 Å². The van der Waals surface area contributed by atoms with Gasteiger partial charge in [0, 0.05) is 10.7 Å². The molecule has 0 saturated carbocycles. The lowest BCUT2D eigenvalue weighted by atomic mass is 10.1. The number of carbonyl (C=O) groups excluding carboxylic acids is 1. The second-order valence-corrected chi connectivity index (χ2v) is 5.01. The molecule has 0 unspecified atom stereocenters. The minimum Gasteiger partial charge on any atom is -0.507 e. The number of rotatable bonds is 3. The third kappa shape index (κ3) is 3.08. The average molecular weight is 337 g/mol. The molecule has 0 aliphatic rings. The maximum Gasteiger partial charge on any atom is 0.260 e. The number of aromatic nitrogens is 1. The van der Waals surface area contributed by atoms with Crippen molar-refractivity contribution < 1.29 is 14.6 Å². The molecule has 0 saturated heterocycles. The molecule has 1 heterocycles. The molecule has 0 aliphatic carbocycles. The van der Waals surface area contributed by atoms with Crippen LogP contribution >= 0.6 is 15.9 Å². The number of hydrogen-bond donors (Lipinski definition) is 2. The normalized spacial score (nSPS) is 10.2. The average Bonchev–Trinajstić information content (AvgIpc) is 2.43. The van der Waals surface area contributed by atoms with Crippen molar-refractivity contribution in [1.82, 2.24) is 4.98 Å². The molecule has 0 fully saturated rings. The minimum absolute atomic E-state index is 0.114. The topological polar surface area (TPSA) is 71.5 Å². The number of ether oxygens (including phenoxy) is 1. The first-order chi connectivity index (χ1) is 9.51. The number of pyridine rings is 1. The largest absolute Gasteiger partial charge is 0.507 e. The highest BCUT2D eigenvalue weighted by atomic mass is 79.9. The van der Waals surface area contributed by atoms with Crippen LogP contribution in [0.5, 0.6) is 11.5 Å². The number of phenolic OH excluding ortho intramolecular Hbond substituents is 1. The van der Waals surface area contributed by atoms with Gasteiger partial charge in [0.15, 0.2) is 0 Å². The van der Waals surface area contributed by atoms with Crippen LogP contribution in [0.15, 0.2) is 34.9 Å². The summed E-state index contributed by atoms with van der Waals surface area (Å²) in [4.78, 5) is 16.2. The lowest BCUT2D eigenvalue weighted by Crippen LogP contribution is -2.13. The van der Waals surface area contributed by atoms with Gasteiger partial charge >= 0.3 is 0 Å².